The molecule has 0 bridgehead atoms. The van der Waals surface area contributed by atoms with Gasteiger partial charge in [0, 0.05) is 5.56 Å². The van der Waals surface area contributed by atoms with Gasteiger partial charge in [0.05, 0.1) is 4.47 Å². The van der Waals surface area contributed by atoms with E-state index in [9.17, 15) is 4.39 Å². The second-order valence-corrected chi connectivity index (χ2v) is 3.73. The molecular weight excluding hydrogens is 249 g/mol. The van der Waals surface area contributed by atoms with Crippen molar-refractivity contribution < 1.29 is 4.39 Å². The summed E-state index contributed by atoms with van der Waals surface area (Å²) in [7, 11) is 0. The predicted molar refractivity (Wildman–Crippen MR) is 54.2 cm³/mol. The van der Waals surface area contributed by atoms with Gasteiger partial charge in [0.25, 0.3) is 0 Å². The topological polar surface area (TPSA) is 41.6 Å². The molecule has 0 aliphatic carbocycles. The quantitative estimate of drug-likeness (QED) is 0.852. The van der Waals surface area contributed by atoms with E-state index >= 15 is 0 Å². The molecule has 1 N–H and O–H groups in total. The Morgan fingerprint density at radius 3 is 2.79 bits per heavy atom. The number of hydrogen-bond acceptors (Lipinski definition) is 2. The lowest BCUT2D eigenvalue weighted by Crippen LogP contribution is -1.84. The van der Waals surface area contributed by atoms with E-state index in [1.54, 1.807) is 19.1 Å². The molecule has 0 fully saturated rings. The van der Waals surface area contributed by atoms with Crippen LogP contribution in [0.15, 0.2) is 22.7 Å². The van der Waals surface area contributed by atoms with Crippen molar-refractivity contribution in [2.24, 2.45) is 0 Å². The molecule has 0 radical (unpaired) electrons. The van der Waals surface area contributed by atoms with Gasteiger partial charge in [-0.3, -0.25) is 5.10 Å². The van der Waals surface area contributed by atoms with E-state index in [1.165, 1.54) is 6.07 Å². The van der Waals surface area contributed by atoms with Crippen molar-refractivity contribution in [3.05, 3.63) is 34.3 Å². The van der Waals surface area contributed by atoms with Gasteiger partial charge in [0.15, 0.2) is 5.82 Å². The first-order valence-electron chi connectivity index (χ1n) is 4.01. The summed E-state index contributed by atoms with van der Waals surface area (Å²) in [6.07, 6.45) is 0. The summed E-state index contributed by atoms with van der Waals surface area (Å²) in [6, 6.07) is 4.79. The highest BCUT2D eigenvalue weighted by Gasteiger charge is 2.06. The van der Waals surface area contributed by atoms with Gasteiger partial charge in [-0.1, -0.05) is 0 Å². The number of nitrogens with zero attached hydrogens (tertiary/aromatic N) is 2. The molecule has 14 heavy (non-hydrogen) atoms. The number of aromatic amines is 1. The van der Waals surface area contributed by atoms with Gasteiger partial charge in [-0.05, 0) is 41.1 Å². The average Bonchev–Trinajstić information content (AvgIpc) is 2.57. The highest BCUT2D eigenvalue weighted by Crippen LogP contribution is 2.21. The Hall–Kier alpha value is -1.23. The molecule has 1 aromatic carbocycles. The van der Waals surface area contributed by atoms with Crippen LogP contribution in [-0.4, -0.2) is 15.2 Å². The fourth-order valence-electron chi connectivity index (χ4n) is 1.11. The van der Waals surface area contributed by atoms with E-state index in [2.05, 4.69) is 31.1 Å². The minimum absolute atomic E-state index is 0.315. The molecule has 3 nitrogen and oxygen atoms in total. The third kappa shape index (κ3) is 1.68. The summed E-state index contributed by atoms with van der Waals surface area (Å²) in [5, 5.41) is 6.64. The minimum Gasteiger partial charge on any atom is -0.263 e. The van der Waals surface area contributed by atoms with Crippen molar-refractivity contribution in [1.82, 2.24) is 15.2 Å². The Labute approximate surface area is 88.5 Å². The Bertz CT molecular complexity index is 467. The maximum Gasteiger partial charge on any atom is 0.181 e. The summed E-state index contributed by atoms with van der Waals surface area (Å²) < 4.78 is 13.6. The van der Waals surface area contributed by atoms with Crippen LogP contribution in [0.5, 0.6) is 0 Å². The molecule has 5 heteroatoms. The van der Waals surface area contributed by atoms with E-state index in [-0.39, 0.29) is 5.82 Å². The van der Waals surface area contributed by atoms with Gasteiger partial charge >= 0.3 is 0 Å². The minimum atomic E-state index is -0.315. The molecule has 0 saturated heterocycles. The summed E-state index contributed by atoms with van der Waals surface area (Å²) >= 11 is 3.08. The van der Waals surface area contributed by atoms with Crippen molar-refractivity contribution in [3.8, 4) is 11.4 Å². The van der Waals surface area contributed by atoms with Crippen LogP contribution in [0.1, 0.15) is 5.82 Å². The second-order valence-electron chi connectivity index (χ2n) is 2.87. The zero-order valence-corrected chi connectivity index (χ0v) is 8.97. The number of benzene rings is 1. The molecule has 72 valence electrons. The molecule has 0 aliphatic heterocycles. The second kappa shape index (κ2) is 3.49. The SMILES string of the molecule is Cc1nc(-c2ccc(Br)c(F)c2)n[nH]1. The normalized spacial score (nSPS) is 10.5. The summed E-state index contributed by atoms with van der Waals surface area (Å²) in [4.78, 5) is 4.10. The molecule has 0 saturated carbocycles. The Morgan fingerprint density at radius 2 is 2.21 bits per heavy atom. The van der Waals surface area contributed by atoms with Crippen LogP contribution in [0.2, 0.25) is 0 Å². The maximum atomic E-state index is 13.2. The monoisotopic (exact) mass is 255 g/mol. The summed E-state index contributed by atoms with van der Waals surface area (Å²) in [5.41, 5.74) is 0.662. The van der Waals surface area contributed by atoms with Gasteiger partial charge in [0.2, 0.25) is 0 Å². The molecule has 1 heterocycles. The Kier molecular flexibility index (Phi) is 2.33. The van der Waals surface area contributed by atoms with Crippen molar-refractivity contribution in [2.45, 2.75) is 6.92 Å². The fourth-order valence-corrected chi connectivity index (χ4v) is 1.35. The lowest BCUT2D eigenvalue weighted by Gasteiger charge is -1.96. The third-order valence-corrected chi connectivity index (χ3v) is 2.42. The van der Waals surface area contributed by atoms with E-state index < -0.39 is 0 Å². The highest BCUT2D eigenvalue weighted by molar-refractivity contribution is 9.10. The number of hydrogen-bond donors (Lipinski definition) is 1. The lowest BCUT2D eigenvalue weighted by molar-refractivity contribution is 0.621. The number of aromatic nitrogens is 3. The van der Waals surface area contributed by atoms with Gasteiger partial charge < -0.3 is 0 Å². The van der Waals surface area contributed by atoms with Crippen LogP contribution < -0.4 is 0 Å². The zero-order chi connectivity index (χ0) is 10.1. The molecule has 2 rings (SSSR count). The van der Waals surface area contributed by atoms with Gasteiger partial charge in [-0.2, -0.15) is 5.10 Å². The molecule has 0 aliphatic rings. The average molecular weight is 256 g/mol. The van der Waals surface area contributed by atoms with Crippen LogP contribution in [0.4, 0.5) is 4.39 Å². The lowest BCUT2D eigenvalue weighted by atomic mass is 10.2. The molecule has 1 aromatic heterocycles. The number of aryl methyl sites for hydroxylation is 1. The first-order valence-corrected chi connectivity index (χ1v) is 4.80. The smallest absolute Gasteiger partial charge is 0.181 e. The number of nitrogens with one attached hydrogen (secondary N) is 1. The maximum absolute atomic E-state index is 13.2. The fraction of sp³-hybridized carbons (Fsp3) is 0.111. The molecular formula is C9H7BrFN3. The van der Waals surface area contributed by atoms with Crippen molar-refractivity contribution >= 4 is 15.9 Å². The molecule has 0 atom stereocenters. The van der Waals surface area contributed by atoms with Gasteiger partial charge in [0.1, 0.15) is 11.6 Å². The first kappa shape index (κ1) is 9.33. The number of halogens is 2. The third-order valence-electron chi connectivity index (χ3n) is 1.78. The first-order chi connectivity index (χ1) is 6.66. The largest absolute Gasteiger partial charge is 0.263 e. The van der Waals surface area contributed by atoms with Crippen LogP contribution in [0.3, 0.4) is 0 Å². The van der Waals surface area contributed by atoms with Crippen molar-refractivity contribution in [3.63, 3.8) is 0 Å². The van der Waals surface area contributed by atoms with Crippen molar-refractivity contribution in [2.75, 3.05) is 0 Å². The predicted octanol–water partition coefficient (Wildman–Crippen LogP) is 2.68. The van der Waals surface area contributed by atoms with Crippen LogP contribution in [0, 0.1) is 12.7 Å². The Morgan fingerprint density at radius 1 is 1.43 bits per heavy atom. The van der Waals surface area contributed by atoms with Crippen LogP contribution in [0.25, 0.3) is 11.4 Å². The zero-order valence-electron chi connectivity index (χ0n) is 7.38. The molecule has 0 spiro atoms. The van der Waals surface area contributed by atoms with Gasteiger partial charge in [-0.25, -0.2) is 9.37 Å². The van der Waals surface area contributed by atoms with E-state index in [0.29, 0.717) is 21.7 Å². The summed E-state index contributed by atoms with van der Waals surface area (Å²) in [5.74, 6) is 0.905. The van der Waals surface area contributed by atoms with Crippen LogP contribution >= 0.6 is 15.9 Å². The molecule has 0 unspecified atom stereocenters. The number of rotatable bonds is 1. The van der Waals surface area contributed by atoms with E-state index in [1.807, 2.05) is 0 Å². The number of H-pyrrole nitrogens is 1. The highest BCUT2D eigenvalue weighted by atomic mass is 79.9. The van der Waals surface area contributed by atoms with E-state index in [0.717, 1.165) is 0 Å². The Balaban J connectivity index is 2.47. The van der Waals surface area contributed by atoms with Gasteiger partial charge in [-0.15, -0.1) is 0 Å². The molecule has 0 amide bonds. The van der Waals surface area contributed by atoms with Crippen LogP contribution in [-0.2, 0) is 0 Å². The van der Waals surface area contributed by atoms with Crippen molar-refractivity contribution in [1.29, 1.82) is 0 Å². The van der Waals surface area contributed by atoms with E-state index in [4.69, 9.17) is 0 Å². The summed E-state index contributed by atoms with van der Waals surface area (Å²) in [6.45, 7) is 1.80. The standard InChI is InChI=1S/C9H7BrFN3/c1-5-12-9(14-13-5)6-2-3-7(10)8(11)4-6/h2-4H,1H3,(H,12,13,14). The molecule has 2 aromatic rings.